The summed E-state index contributed by atoms with van der Waals surface area (Å²) in [5.74, 6) is 0.845. The fourth-order valence-corrected chi connectivity index (χ4v) is 4.38. The highest BCUT2D eigenvalue weighted by Crippen LogP contribution is 2.42. The van der Waals surface area contributed by atoms with Crippen molar-refractivity contribution in [2.75, 3.05) is 16.3 Å². The largest absolute Gasteiger partial charge is 0.404 e. The molecule has 1 saturated carbocycles. The number of nitrogens with zero attached hydrogens (tertiary/aromatic N) is 6. The van der Waals surface area contributed by atoms with Crippen molar-refractivity contribution in [1.29, 1.82) is 0 Å². The quantitative estimate of drug-likeness (QED) is 0.642. The Balaban J connectivity index is 1.66. The molecular formula is C24H27N7O. The Hall–Kier alpha value is -3.68. The van der Waals surface area contributed by atoms with Gasteiger partial charge in [0, 0.05) is 44.7 Å². The summed E-state index contributed by atoms with van der Waals surface area (Å²) in [7, 11) is 1.90. The van der Waals surface area contributed by atoms with Gasteiger partial charge in [-0.25, -0.2) is 9.67 Å². The van der Waals surface area contributed by atoms with E-state index in [1.54, 1.807) is 24.0 Å². The number of aliphatic imine (C=N–C) groups is 1. The van der Waals surface area contributed by atoms with Gasteiger partial charge in [-0.05, 0) is 49.6 Å². The van der Waals surface area contributed by atoms with Crippen molar-refractivity contribution in [3.63, 3.8) is 0 Å². The molecule has 32 heavy (non-hydrogen) atoms. The first-order valence-corrected chi connectivity index (χ1v) is 10.9. The van der Waals surface area contributed by atoms with Crippen LogP contribution in [0.5, 0.6) is 0 Å². The summed E-state index contributed by atoms with van der Waals surface area (Å²) in [6, 6.07) is 10.4. The van der Waals surface area contributed by atoms with E-state index in [0.717, 1.165) is 52.2 Å². The van der Waals surface area contributed by atoms with Gasteiger partial charge in [-0.2, -0.15) is 5.10 Å². The number of pyridine rings is 1. The fourth-order valence-electron chi connectivity index (χ4n) is 4.38. The third-order valence-corrected chi connectivity index (χ3v) is 6.07. The highest BCUT2D eigenvalue weighted by atomic mass is 16.2. The lowest BCUT2D eigenvalue weighted by Gasteiger charge is -2.41. The van der Waals surface area contributed by atoms with Crippen LogP contribution in [0.15, 0.2) is 47.7 Å². The van der Waals surface area contributed by atoms with Crippen molar-refractivity contribution in [2.45, 2.75) is 38.8 Å². The minimum absolute atomic E-state index is 0.0134. The number of allylic oxidation sites excluding steroid dienone is 1. The summed E-state index contributed by atoms with van der Waals surface area (Å²) in [4.78, 5) is 25.6. The summed E-state index contributed by atoms with van der Waals surface area (Å²) in [5.41, 5.74) is 10.4. The van der Waals surface area contributed by atoms with E-state index in [9.17, 15) is 4.79 Å². The molecule has 2 aliphatic rings. The van der Waals surface area contributed by atoms with Crippen LogP contribution in [0.25, 0.3) is 16.6 Å². The lowest BCUT2D eigenvalue weighted by atomic mass is 10.0. The van der Waals surface area contributed by atoms with Crippen molar-refractivity contribution in [3.8, 4) is 0 Å². The number of fused-ring (bicyclic) bond motifs is 2. The average Bonchev–Trinajstić information content (AvgIpc) is 3.55. The molecule has 1 atom stereocenters. The van der Waals surface area contributed by atoms with Crippen LogP contribution in [0.2, 0.25) is 0 Å². The van der Waals surface area contributed by atoms with E-state index in [-0.39, 0.29) is 11.9 Å². The van der Waals surface area contributed by atoms with E-state index in [2.05, 4.69) is 27.9 Å². The van der Waals surface area contributed by atoms with Gasteiger partial charge >= 0.3 is 0 Å². The maximum atomic E-state index is 12.5. The molecule has 0 bridgehead atoms. The van der Waals surface area contributed by atoms with Crippen LogP contribution >= 0.6 is 0 Å². The molecule has 0 spiro atoms. The van der Waals surface area contributed by atoms with Gasteiger partial charge in [-0.1, -0.05) is 6.07 Å². The minimum Gasteiger partial charge on any atom is -0.404 e. The summed E-state index contributed by atoms with van der Waals surface area (Å²) >= 11 is 0. The number of hydrogen-bond acceptors (Lipinski definition) is 6. The Morgan fingerprint density at radius 1 is 1.25 bits per heavy atom. The zero-order valence-corrected chi connectivity index (χ0v) is 18.6. The van der Waals surface area contributed by atoms with E-state index in [1.165, 1.54) is 0 Å². The van der Waals surface area contributed by atoms with E-state index >= 15 is 0 Å². The molecule has 1 aromatic carbocycles. The molecule has 1 aliphatic heterocycles. The number of aromatic nitrogens is 3. The van der Waals surface area contributed by atoms with Gasteiger partial charge in [0.25, 0.3) is 0 Å². The van der Waals surface area contributed by atoms with Crippen LogP contribution in [0.4, 0.5) is 17.2 Å². The van der Waals surface area contributed by atoms with Crippen LogP contribution in [-0.2, 0) is 11.8 Å². The molecule has 164 valence electrons. The number of rotatable bonds is 4. The fraction of sp³-hybridized carbons (Fsp3) is 0.333. The molecule has 3 aromatic rings. The van der Waals surface area contributed by atoms with E-state index in [1.807, 2.05) is 42.4 Å². The van der Waals surface area contributed by atoms with E-state index in [4.69, 9.17) is 10.8 Å². The summed E-state index contributed by atoms with van der Waals surface area (Å²) in [5, 5.41) is 5.76. The molecule has 8 nitrogen and oxygen atoms in total. The van der Waals surface area contributed by atoms with Crippen molar-refractivity contribution in [3.05, 3.63) is 48.3 Å². The molecule has 0 saturated heterocycles. The standard InChI is InChI=1S/C24H27N7O/c1-15-14-30(24-20-5-4-10-26-23(20)29(3)28-24)22-11-17(6-9-21(22)31(15)16(2)32)18(12-25)13-27-19-7-8-19/h4-6,9-13,15,19H,7-8,14,25H2,1-3H3/b18-12+,27-13?/t15-/m0/s1. The van der Waals surface area contributed by atoms with E-state index < -0.39 is 0 Å². The summed E-state index contributed by atoms with van der Waals surface area (Å²) in [6.45, 7) is 4.29. The highest BCUT2D eigenvalue weighted by Gasteiger charge is 2.33. The first kappa shape index (κ1) is 20.2. The number of nitrogens with two attached hydrogens (primary N) is 1. The van der Waals surface area contributed by atoms with Crippen LogP contribution in [-0.4, -0.2) is 45.5 Å². The Labute approximate surface area is 187 Å². The number of benzene rings is 1. The minimum atomic E-state index is -0.0134. The second kappa shape index (κ2) is 7.78. The number of carbonyl (C=O) groups is 1. The first-order chi connectivity index (χ1) is 15.5. The second-order valence-corrected chi connectivity index (χ2v) is 8.51. The lowest BCUT2D eigenvalue weighted by molar-refractivity contribution is -0.117. The van der Waals surface area contributed by atoms with Crippen molar-refractivity contribution >= 4 is 45.9 Å². The third-order valence-electron chi connectivity index (χ3n) is 6.07. The molecule has 0 radical (unpaired) electrons. The Bertz CT molecular complexity index is 1250. The topological polar surface area (TPSA) is 92.6 Å². The maximum absolute atomic E-state index is 12.5. The van der Waals surface area contributed by atoms with Gasteiger partial charge in [0.1, 0.15) is 0 Å². The summed E-state index contributed by atoms with van der Waals surface area (Å²) in [6.07, 6.45) is 7.50. The van der Waals surface area contributed by atoms with Crippen LogP contribution in [0.3, 0.4) is 0 Å². The number of amides is 1. The predicted octanol–water partition coefficient (Wildman–Crippen LogP) is 3.39. The number of hydrogen-bond donors (Lipinski definition) is 1. The Kier molecular flexibility index (Phi) is 4.92. The van der Waals surface area contributed by atoms with Gasteiger partial charge in [0.2, 0.25) is 5.91 Å². The molecule has 5 rings (SSSR count). The molecule has 1 amide bonds. The first-order valence-electron chi connectivity index (χ1n) is 10.9. The predicted molar refractivity (Wildman–Crippen MR) is 128 cm³/mol. The van der Waals surface area contributed by atoms with Gasteiger partial charge in [0.15, 0.2) is 11.5 Å². The number of carbonyl (C=O) groups excluding carboxylic acids is 1. The molecular weight excluding hydrogens is 402 g/mol. The molecule has 1 fully saturated rings. The molecule has 1 aliphatic carbocycles. The Morgan fingerprint density at radius 2 is 2.06 bits per heavy atom. The van der Waals surface area contributed by atoms with Crippen LogP contribution < -0.4 is 15.5 Å². The van der Waals surface area contributed by atoms with Gasteiger partial charge < -0.3 is 15.5 Å². The van der Waals surface area contributed by atoms with Crippen LogP contribution in [0, 0.1) is 0 Å². The van der Waals surface area contributed by atoms with E-state index in [0.29, 0.717) is 12.6 Å². The number of anilines is 3. The molecule has 2 N–H and O–H groups in total. The average molecular weight is 430 g/mol. The SMILES string of the molecule is CC(=O)N1c2ccc(/C(C=NC3CC3)=C/N)cc2N(c2nn(C)c3ncccc23)C[C@@H]1C. The Morgan fingerprint density at radius 3 is 2.78 bits per heavy atom. The monoisotopic (exact) mass is 429 g/mol. The highest BCUT2D eigenvalue weighted by molar-refractivity contribution is 6.11. The zero-order chi connectivity index (χ0) is 22.4. The zero-order valence-electron chi connectivity index (χ0n) is 18.6. The van der Waals surface area contributed by atoms with Crippen molar-refractivity contribution < 1.29 is 4.79 Å². The second-order valence-electron chi connectivity index (χ2n) is 8.51. The van der Waals surface area contributed by atoms with Crippen molar-refractivity contribution in [2.24, 2.45) is 17.8 Å². The van der Waals surface area contributed by atoms with Crippen molar-refractivity contribution in [1.82, 2.24) is 14.8 Å². The molecule has 8 heteroatoms. The van der Waals surface area contributed by atoms with Gasteiger partial charge in [0.05, 0.1) is 28.8 Å². The number of aryl methyl sites for hydroxylation is 1. The normalized spacial score (nSPS) is 19.1. The third kappa shape index (κ3) is 3.41. The van der Waals surface area contributed by atoms with Gasteiger partial charge in [-0.15, -0.1) is 0 Å². The molecule has 3 heterocycles. The van der Waals surface area contributed by atoms with Gasteiger partial charge in [-0.3, -0.25) is 9.79 Å². The molecule has 2 aromatic heterocycles. The lowest BCUT2D eigenvalue weighted by Crippen LogP contribution is -2.48. The molecule has 0 unspecified atom stereocenters. The van der Waals surface area contributed by atoms with Crippen LogP contribution in [0.1, 0.15) is 32.3 Å². The maximum Gasteiger partial charge on any atom is 0.224 e. The summed E-state index contributed by atoms with van der Waals surface area (Å²) < 4.78 is 1.80. The smallest absolute Gasteiger partial charge is 0.224 e.